The lowest BCUT2D eigenvalue weighted by molar-refractivity contribution is -0.161. The van der Waals surface area contributed by atoms with E-state index in [2.05, 4.69) is 13.8 Å². The van der Waals surface area contributed by atoms with Crippen molar-refractivity contribution in [1.29, 1.82) is 0 Å². The van der Waals surface area contributed by atoms with Crippen molar-refractivity contribution in [3.8, 4) is 0 Å². The third-order valence-electron chi connectivity index (χ3n) is 7.32. The average molecular weight is 555 g/mol. The molecule has 0 radical (unpaired) electrons. The fourth-order valence-electron chi connectivity index (χ4n) is 4.90. The maximum atomic E-state index is 12.0. The Kier molecular flexibility index (Phi) is 19.9. The Morgan fingerprint density at radius 2 is 1.59 bits per heavy atom. The molecule has 8 heteroatoms. The Hall–Kier alpha value is -1.74. The molecule has 39 heavy (non-hydrogen) atoms. The molecular weight excluding hydrogens is 500 g/mol. The van der Waals surface area contributed by atoms with Crippen molar-refractivity contribution in [2.24, 2.45) is 11.8 Å². The maximum absolute atomic E-state index is 12.0. The molecule has 0 spiro atoms. The van der Waals surface area contributed by atoms with Gasteiger partial charge in [-0.15, -0.1) is 0 Å². The van der Waals surface area contributed by atoms with Crippen LogP contribution in [0, 0.1) is 11.8 Å². The summed E-state index contributed by atoms with van der Waals surface area (Å²) in [6, 6.07) is 0. The lowest BCUT2D eigenvalue weighted by Crippen LogP contribution is -2.28. The first kappa shape index (κ1) is 35.3. The van der Waals surface area contributed by atoms with Gasteiger partial charge in [-0.05, 0) is 38.0 Å². The molecule has 1 aliphatic rings. The highest BCUT2D eigenvalue weighted by Gasteiger charge is 2.39. The summed E-state index contributed by atoms with van der Waals surface area (Å²) in [4.78, 5) is 23.9. The Morgan fingerprint density at radius 1 is 0.897 bits per heavy atom. The number of hydrogen-bond acceptors (Lipinski definition) is 8. The topological polar surface area (TPSA) is 134 Å². The largest absolute Gasteiger partial charge is 0.462 e. The third-order valence-corrected chi connectivity index (χ3v) is 7.32. The molecule has 4 N–H and O–H groups in total. The van der Waals surface area contributed by atoms with Crippen LogP contribution >= 0.6 is 0 Å². The standard InChI is InChI=1S/C31H54O8/c1-3-5-7-8-14-18-31(37)39-25(22-32)23-38-30(36)17-13-10-9-12-16-26-27(29(35)21-28(26)34)20-19-24(33)15-11-6-4-2/h9,12,19-20,24-29,32-35H,3-8,10-11,13-18,21-23H2,1-2H3/b12-9+,20-19+/t24-,25-,26+,27+,28-,29+/m0/s1. The minimum Gasteiger partial charge on any atom is -0.462 e. The molecule has 1 saturated carbocycles. The Balaban J connectivity index is 2.29. The van der Waals surface area contributed by atoms with Crippen LogP contribution in [0.15, 0.2) is 24.3 Å². The first-order chi connectivity index (χ1) is 18.8. The highest BCUT2D eigenvalue weighted by molar-refractivity contribution is 5.70. The highest BCUT2D eigenvalue weighted by Crippen LogP contribution is 2.36. The van der Waals surface area contributed by atoms with E-state index in [1.54, 1.807) is 6.08 Å². The van der Waals surface area contributed by atoms with Crippen LogP contribution in [0.4, 0.5) is 0 Å². The van der Waals surface area contributed by atoms with Crippen LogP contribution in [0.25, 0.3) is 0 Å². The van der Waals surface area contributed by atoms with Crippen molar-refractivity contribution in [2.75, 3.05) is 13.2 Å². The summed E-state index contributed by atoms with van der Waals surface area (Å²) in [5.41, 5.74) is 0. The number of allylic oxidation sites excluding steroid dienone is 2. The second-order valence-corrected chi connectivity index (χ2v) is 10.8. The molecular formula is C31H54O8. The average Bonchev–Trinajstić information content (AvgIpc) is 3.18. The third kappa shape index (κ3) is 16.2. The van der Waals surface area contributed by atoms with E-state index in [0.29, 0.717) is 38.5 Å². The van der Waals surface area contributed by atoms with Crippen LogP contribution in [-0.2, 0) is 19.1 Å². The predicted molar refractivity (Wildman–Crippen MR) is 152 cm³/mol. The lowest BCUT2D eigenvalue weighted by Gasteiger charge is -2.19. The molecule has 0 heterocycles. The van der Waals surface area contributed by atoms with Crippen molar-refractivity contribution in [2.45, 2.75) is 135 Å². The number of ether oxygens (including phenoxy) is 2. The van der Waals surface area contributed by atoms with Gasteiger partial charge in [0.2, 0.25) is 0 Å². The zero-order valence-corrected chi connectivity index (χ0v) is 24.2. The van der Waals surface area contributed by atoms with Crippen LogP contribution in [0.5, 0.6) is 0 Å². The van der Waals surface area contributed by atoms with Crippen molar-refractivity contribution >= 4 is 11.9 Å². The number of aliphatic hydroxyl groups excluding tert-OH is 4. The van der Waals surface area contributed by atoms with Gasteiger partial charge >= 0.3 is 11.9 Å². The number of rotatable bonds is 22. The molecule has 0 amide bonds. The van der Waals surface area contributed by atoms with Crippen LogP contribution in [0.1, 0.15) is 110 Å². The van der Waals surface area contributed by atoms with Crippen molar-refractivity contribution < 1.29 is 39.5 Å². The SMILES string of the molecule is CCCCCCCC(=O)O[C@@H](CO)COC(=O)CCC/C=C/C[C@@H]1[C@@H](/C=C/[C@@H](O)CCCCC)[C@H](O)C[C@@H]1O. The summed E-state index contributed by atoms with van der Waals surface area (Å²) < 4.78 is 10.4. The van der Waals surface area contributed by atoms with Crippen molar-refractivity contribution in [1.82, 2.24) is 0 Å². The maximum Gasteiger partial charge on any atom is 0.306 e. The van der Waals surface area contributed by atoms with E-state index in [-0.39, 0.29) is 30.8 Å². The second kappa shape index (κ2) is 22.0. The van der Waals surface area contributed by atoms with Gasteiger partial charge in [-0.3, -0.25) is 9.59 Å². The molecule has 0 bridgehead atoms. The van der Waals surface area contributed by atoms with E-state index in [9.17, 15) is 30.0 Å². The Morgan fingerprint density at radius 3 is 2.31 bits per heavy atom. The normalized spacial score (nSPS) is 22.9. The quantitative estimate of drug-likeness (QED) is 0.0855. The van der Waals surface area contributed by atoms with E-state index < -0.39 is 37.0 Å². The summed E-state index contributed by atoms with van der Waals surface area (Å²) in [7, 11) is 0. The lowest BCUT2D eigenvalue weighted by atomic mass is 9.89. The molecule has 1 fully saturated rings. The van der Waals surface area contributed by atoms with Gasteiger partial charge in [-0.25, -0.2) is 0 Å². The molecule has 1 rings (SSSR count). The van der Waals surface area contributed by atoms with E-state index in [1.807, 2.05) is 18.2 Å². The first-order valence-electron chi connectivity index (χ1n) is 15.2. The van der Waals surface area contributed by atoms with Crippen molar-refractivity contribution in [3.05, 3.63) is 24.3 Å². The van der Waals surface area contributed by atoms with E-state index in [0.717, 1.165) is 51.4 Å². The number of unbranched alkanes of at least 4 members (excludes halogenated alkanes) is 7. The summed E-state index contributed by atoms with van der Waals surface area (Å²) in [6.07, 6.45) is 16.6. The monoisotopic (exact) mass is 554 g/mol. The Bertz CT molecular complexity index is 707. The molecule has 0 unspecified atom stereocenters. The van der Waals surface area contributed by atoms with Gasteiger partial charge in [0.25, 0.3) is 0 Å². The number of aliphatic hydroxyl groups is 4. The molecule has 226 valence electrons. The van der Waals surface area contributed by atoms with E-state index in [1.165, 1.54) is 0 Å². The molecule has 8 nitrogen and oxygen atoms in total. The molecule has 0 aromatic heterocycles. The fraction of sp³-hybridized carbons (Fsp3) is 0.806. The minimum atomic E-state index is -0.843. The number of esters is 2. The van der Waals surface area contributed by atoms with Gasteiger partial charge < -0.3 is 29.9 Å². The van der Waals surface area contributed by atoms with Crippen LogP contribution in [0.3, 0.4) is 0 Å². The van der Waals surface area contributed by atoms with E-state index >= 15 is 0 Å². The molecule has 0 saturated heterocycles. The zero-order chi connectivity index (χ0) is 28.9. The van der Waals surface area contributed by atoms with Gasteiger partial charge in [-0.1, -0.05) is 83.1 Å². The molecule has 6 atom stereocenters. The van der Waals surface area contributed by atoms with Crippen LogP contribution in [-0.4, -0.2) is 70.0 Å². The van der Waals surface area contributed by atoms with Gasteiger partial charge in [0.15, 0.2) is 6.10 Å². The second-order valence-electron chi connectivity index (χ2n) is 10.8. The smallest absolute Gasteiger partial charge is 0.306 e. The molecule has 0 aromatic rings. The summed E-state index contributed by atoms with van der Waals surface area (Å²) in [5, 5.41) is 40.3. The number of hydrogen-bond donors (Lipinski definition) is 4. The van der Waals surface area contributed by atoms with Gasteiger partial charge in [0, 0.05) is 25.2 Å². The van der Waals surface area contributed by atoms with Gasteiger partial charge in [0.05, 0.1) is 24.9 Å². The summed E-state index contributed by atoms with van der Waals surface area (Å²) in [5.74, 6) is -1.10. The van der Waals surface area contributed by atoms with Crippen LogP contribution < -0.4 is 0 Å². The zero-order valence-electron chi connectivity index (χ0n) is 24.2. The predicted octanol–water partition coefficient (Wildman–Crippen LogP) is 4.77. The fourth-order valence-corrected chi connectivity index (χ4v) is 4.90. The van der Waals surface area contributed by atoms with Crippen molar-refractivity contribution in [3.63, 3.8) is 0 Å². The van der Waals surface area contributed by atoms with Crippen LogP contribution in [0.2, 0.25) is 0 Å². The first-order valence-corrected chi connectivity index (χ1v) is 15.2. The highest BCUT2D eigenvalue weighted by atomic mass is 16.6. The number of carbonyl (C=O) groups excluding carboxylic acids is 2. The minimum absolute atomic E-state index is 0.116. The molecule has 0 aliphatic heterocycles. The van der Waals surface area contributed by atoms with Gasteiger partial charge in [0.1, 0.15) is 6.61 Å². The molecule has 0 aromatic carbocycles. The van der Waals surface area contributed by atoms with E-state index in [4.69, 9.17) is 9.47 Å². The molecule has 1 aliphatic carbocycles. The van der Waals surface area contributed by atoms with Gasteiger partial charge in [-0.2, -0.15) is 0 Å². The number of carbonyl (C=O) groups is 2. The Labute approximate surface area is 235 Å². The summed E-state index contributed by atoms with van der Waals surface area (Å²) >= 11 is 0. The summed E-state index contributed by atoms with van der Waals surface area (Å²) in [6.45, 7) is 3.70.